The number of rotatable bonds is 5. The van der Waals surface area contributed by atoms with E-state index in [1.54, 1.807) is 13.8 Å². The molecule has 3 N–H and O–H groups in total. The molecule has 0 bridgehead atoms. The number of nitrogens with one attached hydrogen (secondary N) is 1. The smallest absolute Gasteiger partial charge is 0.159 e. The van der Waals surface area contributed by atoms with Crippen molar-refractivity contribution in [2.24, 2.45) is 0 Å². The van der Waals surface area contributed by atoms with E-state index < -0.39 is 23.3 Å². The lowest BCUT2D eigenvalue weighted by molar-refractivity contribution is 0.135. The van der Waals surface area contributed by atoms with Crippen molar-refractivity contribution in [2.75, 3.05) is 13.2 Å². The molecule has 0 aromatic heterocycles. The highest BCUT2D eigenvalue weighted by molar-refractivity contribution is 5.20. The zero-order chi connectivity index (χ0) is 13.1. The average molecular weight is 245 g/mol. The Morgan fingerprint density at radius 3 is 2.47 bits per heavy atom. The van der Waals surface area contributed by atoms with Gasteiger partial charge in [-0.05, 0) is 31.5 Å². The third-order valence-electron chi connectivity index (χ3n) is 2.50. The first-order chi connectivity index (χ1) is 7.85. The molecule has 0 aliphatic carbocycles. The molecule has 0 aliphatic rings. The fraction of sp³-hybridized carbons (Fsp3) is 0.500. The van der Waals surface area contributed by atoms with Crippen LogP contribution in [0.1, 0.15) is 25.5 Å². The Kier molecular flexibility index (Phi) is 4.56. The van der Waals surface area contributed by atoms with Crippen LogP contribution in [0.3, 0.4) is 0 Å². The second-order valence-corrected chi connectivity index (χ2v) is 4.61. The zero-order valence-corrected chi connectivity index (χ0v) is 9.87. The summed E-state index contributed by atoms with van der Waals surface area (Å²) in [4.78, 5) is 0. The summed E-state index contributed by atoms with van der Waals surface area (Å²) in [6.45, 7) is 3.60. The molecule has 3 nitrogen and oxygen atoms in total. The van der Waals surface area contributed by atoms with E-state index in [1.807, 2.05) is 0 Å². The molecule has 1 aromatic rings. The maximum absolute atomic E-state index is 12.9. The van der Waals surface area contributed by atoms with Crippen LogP contribution in [0.25, 0.3) is 0 Å². The number of hydrogen-bond acceptors (Lipinski definition) is 3. The molecule has 0 aliphatic heterocycles. The molecule has 1 rings (SSSR count). The Morgan fingerprint density at radius 1 is 1.29 bits per heavy atom. The minimum atomic E-state index is -0.983. The fourth-order valence-electron chi connectivity index (χ4n) is 1.27. The number of aliphatic hydroxyl groups is 2. The van der Waals surface area contributed by atoms with E-state index in [1.165, 1.54) is 6.07 Å². The lowest BCUT2D eigenvalue weighted by Crippen LogP contribution is -2.44. The summed E-state index contributed by atoms with van der Waals surface area (Å²) in [5.74, 6) is -1.92. The molecule has 0 saturated heterocycles. The molecular weight excluding hydrogens is 228 g/mol. The van der Waals surface area contributed by atoms with E-state index in [0.717, 1.165) is 12.1 Å². The molecule has 0 fully saturated rings. The molecule has 0 spiro atoms. The van der Waals surface area contributed by atoms with Crippen molar-refractivity contribution < 1.29 is 19.0 Å². The van der Waals surface area contributed by atoms with Gasteiger partial charge in [0.15, 0.2) is 11.6 Å². The van der Waals surface area contributed by atoms with Gasteiger partial charge in [-0.2, -0.15) is 0 Å². The number of hydrogen-bond donors (Lipinski definition) is 3. The van der Waals surface area contributed by atoms with Gasteiger partial charge in [0.25, 0.3) is 0 Å². The van der Waals surface area contributed by atoms with E-state index in [0.29, 0.717) is 5.56 Å². The van der Waals surface area contributed by atoms with Gasteiger partial charge in [0, 0.05) is 12.1 Å². The van der Waals surface area contributed by atoms with Crippen LogP contribution in [0.5, 0.6) is 0 Å². The molecule has 0 amide bonds. The van der Waals surface area contributed by atoms with Crippen molar-refractivity contribution in [1.82, 2.24) is 5.32 Å². The van der Waals surface area contributed by atoms with Crippen LogP contribution in [0.15, 0.2) is 18.2 Å². The summed E-state index contributed by atoms with van der Waals surface area (Å²) in [6.07, 6.45) is -0.948. The second-order valence-electron chi connectivity index (χ2n) is 4.61. The summed E-state index contributed by atoms with van der Waals surface area (Å²) in [7, 11) is 0. The normalized spacial score (nSPS) is 13.8. The molecule has 5 heteroatoms. The number of halogens is 2. The van der Waals surface area contributed by atoms with Gasteiger partial charge in [-0.1, -0.05) is 6.07 Å². The topological polar surface area (TPSA) is 52.5 Å². The Balaban J connectivity index is 2.64. The highest BCUT2D eigenvalue weighted by Gasteiger charge is 2.18. The van der Waals surface area contributed by atoms with E-state index >= 15 is 0 Å². The summed E-state index contributed by atoms with van der Waals surface area (Å²) >= 11 is 0. The molecule has 1 aromatic carbocycles. The van der Waals surface area contributed by atoms with E-state index in [2.05, 4.69) is 5.32 Å². The van der Waals surface area contributed by atoms with Crippen molar-refractivity contribution in [1.29, 1.82) is 0 Å². The maximum Gasteiger partial charge on any atom is 0.159 e. The minimum Gasteiger partial charge on any atom is -0.394 e. The van der Waals surface area contributed by atoms with Gasteiger partial charge in [0.05, 0.1) is 12.7 Å². The molecule has 17 heavy (non-hydrogen) atoms. The molecule has 0 heterocycles. The van der Waals surface area contributed by atoms with Gasteiger partial charge >= 0.3 is 0 Å². The Bertz CT molecular complexity index is 383. The van der Waals surface area contributed by atoms with Gasteiger partial charge in [0.1, 0.15) is 0 Å². The van der Waals surface area contributed by atoms with Gasteiger partial charge in [-0.3, -0.25) is 0 Å². The van der Waals surface area contributed by atoms with E-state index in [-0.39, 0.29) is 13.2 Å². The van der Waals surface area contributed by atoms with E-state index in [9.17, 15) is 13.9 Å². The number of aliphatic hydroxyl groups excluding tert-OH is 2. The van der Waals surface area contributed by atoms with Crippen LogP contribution in [-0.4, -0.2) is 28.9 Å². The third-order valence-corrected chi connectivity index (χ3v) is 2.50. The Hall–Kier alpha value is -1.04. The van der Waals surface area contributed by atoms with Gasteiger partial charge < -0.3 is 15.5 Å². The van der Waals surface area contributed by atoms with Crippen LogP contribution in [0.2, 0.25) is 0 Å². The van der Waals surface area contributed by atoms with Crippen molar-refractivity contribution >= 4 is 0 Å². The predicted molar refractivity (Wildman–Crippen MR) is 60.5 cm³/mol. The lowest BCUT2D eigenvalue weighted by atomic mass is 10.0. The first-order valence-corrected chi connectivity index (χ1v) is 5.34. The van der Waals surface area contributed by atoms with Crippen molar-refractivity contribution in [3.05, 3.63) is 35.4 Å². The third kappa shape index (κ3) is 4.03. The highest BCUT2D eigenvalue weighted by atomic mass is 19.2. The van der Waals surface area contributed by atoms with Gasteiger partial charge in [0.2, 0.25) is 0 Å². The maximum atomic E-state index is 12.9. The van der Waals surface area contributed by atoms with Crippen molar-refractivity contribution in [3.8, 4) is 0 Å². The zero-order valence-electron chi connectivity index (χ0n) is 9.87. The average Bonchev–Trinajstić information content (AvgIpc) is 2.30. The van der Waals surface area contributed by atoms with Crippen LogP contribution >= 0.6 is 0 Å². The SMILES string of the molecule is CC(C)(CO)NCC(O)c1ccc(F)c(F)c1. The number of β-amino-alcohol motifs (C(OH)–C–C–N with tert-alkyl or cyclic N) is 1. The van der Waals surface area contributed by atoms with Gasteiger partial charge in [-0.15, -0.1) is 0 Å². The van der Waals surface area contributed by atoms with Crippen LogP contribution in [-0.2, 0) is 0 Å². The molecule has 1 unspecified atom stereocenters. The Labute approximate surface area is 99.1 Å². The number of benzene rings is 1. The molecule has 1 atom stereocenters. The van der Waals surface area contributed by atoms with Crippen LogP contribution in [0, 0.1) is 11.6 Å². The monoisotopic (exact) mass is 245 g/mol. The highest BCUT2D eigenvalue weighted by Crippen LogP contribution is 2.16. The van der Waals surface area contributed by atoms with Crippen LogP contribution < -0.4 is 5.32 Å². The predicted octanol–water partition coefficient (Wildman–Crippen LogP) is 1.36. The largest absolute Gasteiger partial charge is 0.394 e. The lowest BCUT2D eigenvalue weighted by Gasteiger charge is -2.25. The summed E-state index contributed by atoms with van der Waals surface area (Å²) in [6, 6.07) is 3.27. The first kappa shape index (κ1) is 14.0. The summed E-state index contributed by atoms with van der Waals surface area (Å²) in [5, 5.41) is 21.7. The van der Waals surface area contributed by atoms with Gasteiger partial charge in [-0.25, -0.2) is 8.78 Å². The van der Waals surface area contributed by atoms with Crippen molar-refractivity contribution in [2.45, 2.75) is 25.5 Å². The molecule has 0 saturated carbocycles. The van der Waals surface area contributed by atoms with E-state index in [4.69, 9.17) is 5.11 Å². The molecular formula is C12H17F2NO2. The standard InChI is InChI=1S/C12H17F2NO2/c1-12(2,7-16)15-6-11(17)8-3-4-9(13)10(14)5-8/h3-5,11,15-17H,6-7H2,1-2H3. The van der Waals surface area contributed by atoms with Crippen LogP contribution in [0.4, 0.5) is 8.78 Å². The minimum absolute atomic E-state index is 0.0858. The quantitative estimate of drug-likeness (QED) is 0.734. The fourth-order valence-corrected chi connectivity index (χ4v) is 1.27. The summed E-state index contributed by atoms with van der Waals surface area (Å²) < 4.78 is 25.6. The molecule has 0 radical (unpaired) electrons. The Morgan fingerprint density at radius 2 is 1.94 bits per heavy atom. The second kappa shape index (κ2) is 5.53. The summed E-state index contributed by atoms with van der Waals surface area (Å²) in [5.41, 5.74) is -0.232. The molecule has 96 valence electrons. The van der Waals surface area contributed by atoms with Crippen molar-refractivity contribution in [3.63, 3.8) is 0 Å². The first-order valence-electron chi connectivity index (χ1n) is 5.34.